The van der Waals surface area contributed by atoms with Crippen LogP contribution < -0.4 is 5.32 Å². The third-order valence-corrected chi connectivity index (χ3v) is 4.50. The van der Waals surface area contributed by atoms with Gasteiger partial charge in [-0.1, -0.05) is 12.1 Å². The van der Waals surface area contributed by atoms with Gasteiger partial charge < -0.3 is 10.1 Å². The molecule has 1 spiro atoms. The van der Waals surface area contributed by atoms with Crippen LogP contribution in [0.4, 0.5) is 4.39 Å². The Kier molecular flexibility index (Phi) is 3.05. The Morgan fingerprint density at radius 3 is 3.21 bits per heavy atom. The summed E-state index contributed by atoms with van der Waals surface area (Å²) in [5.74, 6) is -0.510. The van der Waals surface area contributed by atoms with Crippen molar-refractivity contribution in [3.8, 4) is 0 Å². The maximum absolute atomic E-state index is 13.9. The standard InChI is InChI=1S/C15H18FNO2/c1-2-19-14(18)12-8-17-9-15(12)7-6-10-11(15)4-3-5-13(10)16/h3-5,12,17H,2,6-9H2,1H3. The van der Waals surface area contributed by atoms with Crippen molar-refractivity contribution in [1.29, 1.82) is 0 Å². The van der Waals surface area contributed by atoms with Crippen LogP contribution in [0, 0.1) is 11.7 Å². The number of rotatable bonds is 2. The monoisotopic (exact) mass is 263 g/mol. The van der Waals surface area contributed by atoms with Gasteiger partial charge in [-0.25, -0.2) is 4.39 Å². The van der Waals surface area contributed by atoms with Crippen LogP contribution in [-0.2, 0) is 21.4 Å². The number of fused-ring (bicyclic) bond motifs is 2. The van der Waals surface area contributed by atoms with E-state index < -0.39 is 0 Å². The second-order valence-corrected chi connectivity index (χ2v) is 5.36. The van der Waals surface area contributed by atoms with Gasteiger partial charge in [-0.05, 0) is 37.0 Å². The number of esters is 1. The second kappa shape index (κ2) is 4.60. The van der Waals surface area contributed by atoms with Gasteiger partial charge in [0, 0.05) is 18.5 Å². The Morgan fingerprint density at radius 2 is 2.42 bits per heavy atom. The van der Waals surface area contributed by atoms with Gasteiger partial charge >= 0.3 is 5.97 Å². The summed E-state index contributed by atoms with van der Waals surface area (Å²) in [6.45, 7) is 3.55. The minimum absolute atomic E-state index is 0.149. The number of hydrogen-bond donors (Lipinski definition) is 1. The smallest absolute Gasteiger partial charge is 0.311 e. The molecule has 1 aliphatic carbocycles. The van der Waals surface area contributed by atoms with Gasteiger partial charge in [0.05, 0.1) is 12.5 Å². The van der Waals surface area contributed by atoms with Crippen LogP contribution in [0.5, 0.6) is 0 Å². The van der Waals surface area contributed by atoms with Gasteiger partial charge in [0.25, 0.3) is 0 Å². The topological polar surface area (TPSA) is 38.3 Å². The molecule has 2 unspecified atom stereocenters. The van der Waals surface area contributed by atoms with Gasteiger partial charge in [0.15, 0.2) is 0 Å². The summed E-state index contributed by atoms with van der Waals surface area (Å²) in [6.07, 6.45) is 1.53. The number of hydrogen-bond acceptors (Lipinski definition) is 3. The number of benzene rings is 1. The van der Waals surface area contributed by atoms with Gasteiger partial charge in [-0.3, -0.25) is 4.79 Å². The highest BCUT2D eigenvalue weighted by molar-refractivity contribution is 5.76. The van der Waals surface area contributed by atoms with Crippen LogP contribution in [0.3, 0.4) is 0 Å². The molecule has 1 N–H and O–H groups in total. The van der Waals surface area contributed by atoms with Crippen molar-refractivity contribution in [2.45, 2.75) is 25.2 Å². The summed E-state index contributed by atoms with van der Waals surface area (Å²) < 4.78 is 19.1. The zero-order valence-corrected chi connectivity index (χ0v) is 11.0. The molecule has 19 heavy (non-hydrogen) atoms. The maximum Gasteiger partial charge on any atom is 0.311 e. The number of carbonyl (C=O) groups is 1. The number of nitrogens with one attached hydrogen (secondary N) is 1. The Balaban J connectivity index is 2.01. The molecule has 2 aliphatic rings. The predicted octanol–water partition coefficient (Wildman–Crippen LogP) is 1.79. The van der Waals surface area contributed by atoms with Crippen LogP contribution in [-0.4, -0.2) is 25.7 Å². The molecule has 1 aliphatic heterocycles. The molecule has 3 rings (SSSR count). The molecule has 0 bridgehead atoms. The van der Waals surface area contributed by atoms with Crippen molar-refractivity contribution < 1.29 is 13.9 Å². The van der Waals surface area contributed by atoms with Gasteiger partial charge in [0.1, 0.15) is 5.82 Å². The zero-order chi connectivity index (χ0) is 13.5. The van der Waals surface area contributed by atoms with E-state index in [1.54, 1.807) is 6.07 Å². The van der Waals surface area contributed by atoms with Crippen molar-refractivity contribution in [3.05, 3.63) is 35.1 Å². The van der Waals surface area contributed by atoms with E-state index in [0.29, 0.717) is 19.6 Å². The number of carbonyl (C=O) groups excluding carboxylic acids is 1. The molecular weight excluding hydrogens is 245 g/mol. The highest BCUT2D eigenvalue weighted by Crippen LogP contribution is 2.47. The average Bonchev–Trinajstić information content (AvgIpc) is 2.98. The van der Waals surface area contributed by atoms with E-state index in [1.165, 1.54) is 6.07 Å². The molecule has 1 heterocycles. The quantitative estimate of drug-likeness (QED) is 0.827. The SMILES string of the molecule is CCOC(=O)C1CNCC12CCc1c(F)cccc12. The summed E-state index contributed by atoms with van der Waals surface area (Å²) in [7, 11) is 0. The lowest BCUT2D eigenvalue weighted by Gasteiger charge is -2.29. The van der Waals surface area contributed by atoms with E-state index in [1.807, 2.05) is 13.0 Å². The first-order valence-corrected chi connectivity index (χ1v) is 6.84. The van der Waals surface area contributed by atoms with E-state index in [0.717, 1.165) is 24.1 Å². The lowest BCUT2D eigenvalue weighted by molar-refractivity contribution is -0.149. The Bertz CT molecular complexity index is 517. The molecular formula is C15H18FNO2. The van der Waals surface area contributed by atoms with E-state index in [2.05, 4.69) is 5.32 Å². The molecule has 1 aromatic rings. The molecule has 0 aromatic heterocycles. The molecule has 1 fully saturated rings. The van der Waals surface area contributed by atoms with Crippen LogP contribution in [0.2, 0.25) is 0 Å². The highest BCUT2D eigenvalue weighted by atomic mass is 19.1. The summed E-state index contributed by atoms with van der Waals surface area (Å²) in [5.41, 5.74) is 1.50. The average molecular weight is 263 g/mol. The molecule has 1 saturated heterocycles. The molecule has 4 heteroatoms. The first kappa shape index (κ1) is 12.6. The molecule has 3 nitrogen and oxygen atoms in total. The van der Waals surface area contributed by atoms with Gasteiger partial charge in [0.2, 0.25) is 0 Å². The zero-order valence-electron chi connectivity index (χ0n) is 11.0. The van der Waals surface area contributed by atoms with Crippen LogP contribution in [0.25, 0.3) is 0 Å². The minimum atomic E-state index is -0.274. The third kappa shape index (κ3) is 1.77. The fraction of sp³-hybridized carbons (Fsp3) is 0.533. The van der Waals surface area contributed by atoms with Crippen LogP contribution in [0.15, 0.2) is 18.2 Å². The van der Waals surface area contributed by atoms with Crippen molar-refractivity contribution >= 4 is 5.97 Å². The van der Waals surface area contributed by atoms with Crippen molar-refractivity contribution in [3.63, 3.8) is 0 Å². The molecule has 0 radical (unpaired) electrons. The second-order valence-electron chi connectivity index (χ2n) is 5.36. The van der Waals surface area contributed by atoms with Crippen molar-refractivity contribution in [1.82, 2.24) is 5.32 Å². The molecule has 0 amide bonds. The minimum Gasteiger partial charge on any atom is -0.466 e. The van der Waals surface area contributed by atoms with Crippen molar-refractivity contribution in [2.24, 2.45) is 5.92 Å². The lowest BCUT2D eigenvalue weighted by Crippen LogP contribution is -2.38. The molecule has 0 saturated carbocycles. The fourth-order valence-electron chi connectivity index (χ4n) is 3.62. The van der Waals surface area contributed by atoms with Crippen molar-refractivity contribution in [2.75, 3.05) is 19.7 Å². The Hall–Kier alpha value is -1.42. The molecule has 102 valence electrons. The summed E-state index contributed by atoms with van der Waals surface area (Å²) in [4.78, 5) is 12.1. The van der Waals surface area contributed by atoms with E-state index >= 15 is 0 Å². The Morgan fingerprint density at radius 1 is 1.58 bits per heavy atom. The van der Waals surface area contributed by atoms with Crippen LogP contribution in [0.1, 0.15) is 24.5 Å². The number of ether oxygens (including phenoxy) is 1. The largest absolute Gasteiger partial charge is 0.466 e. The Labute approximate surface area is 112 Å². The summed E-state index contributed by atoms with van der Waals surface area (Å²) in [6, 6.07) is 5.20. The van der Waals surface area contributed by atoms with E-state index in [9.17, 15) is 9.18 Å². The summed E-state index contributed by atoms with van der Waals surface area (Å²) >= 11 is 0. The predicted molar refractivity (Wildman–Crippen MR) is 69.4 cm³/mol. The molecule has 1 aromatic carbocycles. The third-order valence-electron chi connectivity index (χ3n) is 4.50. The highest BCUT2D eigenvalue weighted by Gasteiger charge is 2.52. The van der Waals surface area contributed by atoms with Crippen LogP contribution >= 0.6 is 0 Å². The van der Waals surface area contributed by atoms with Gasteiger partial charge in [-0.2, -0.15) is 0 Å². The normalized spacial score (nSPS) is 28.6. The number of halogens is 1. The van der Waals surface area contributed by atoms with Gasteiger partial charge in [-0.15, -0.1) is 0 Å². The lowest BCUT2D eigenvalue weighted by atomic mass is 9.73. The fourth-order valence-corrected chi connectivity index (χ4v) is 3.62. The summed E-state index contributed by atoms with van der Waals surface area (Å²) in [5, 5.41) is 3.28. The molecule has 2 atom stereocenters. The first-order chi connectivity index (χ1) is 9.19. The first-order valence-electron chi connectivity index (χ1n) is 6.84. The maximum atomic E-state index is 13.9. The van der Waals surface area contributed by atoms with E-state index in [4.69, 9.17) is 4.74 Å². The van der Waals surface area contributed by atoms with E-state index in [-0.39, 0.29) is 23.1 Å².